The van der Waals surface area contributed by atoms with E-state index < -0.39 is 0 Å². The predicted octanol–water partition coefficient (Wildman–Crippen LogP) is 4.60. The van der Waals surface area contributed by atoms with Gasteiger partial charge in [-0.15, -0.1) is 11.8 Å². The van der Waals surface area contributed by atoms with Crippen molar-refractivity contribution in [2.75, 3.05) is 7.05 Å². The van der Waals surface area contributed by atoms with E-state index in [4.69, 9.17) is 27.6 Å². The topological polar surface area (TPSA) is 25.2 Å². The molecule has 0 saturated carbocycles. The summed E-state index contributed by atoms with van der Waals surface area (Å²) in [4.78, 5) is 0.968. The molecule has 1 heterocycles. The predicted molar refractivity (Wildman–Crippen MR) is 77.5 cm³/mol. The van der Waals surface area contributed by atoms with Crippen molar-refractivity contribution in [3.05, 3.63) is 51.9 Å². The van der Waals surface area contributed by atoms with Crippen LogP contribution in [-0.4, -0.2) is 7.05 Å². The first kappa shape index (κ1) is 13.8. The Morgan fingerprint density at radius 3 is 2.72 bits per heavy atom. The molecule has 0 fully saturated rings. The molecule has 0 saturated heterocycles. The molecule has 0 aliphatic carbocycles. The third kappa shape index (κ3) is 3.69. The van der Waals surface area contributed by atoms with E-state index in [0.29, 0.717) is 10.0 Å². The molecular formula is C13H13Cl2NOS. The summed E-state index contributed by atoms with van der Waals surface area (Å²) in [6.07, 6.45) is 0. The van der Waals surface area contributed by atoms with Gasteiger partial charge >= 0.3 is 0 Å². The highest BCUT2D eigenvalue weighted by Gasteiger charge is 2.06. The second kappa shape index (κ2) is 6.53. The average Bonchev–Trinajstić information content (AvgIpc) is 2.79. The maximum atomic E-state index is 6.10. The molecule has 0 atom stereocenters. The van der Waals surface area contributed by atoms with Gasteiger partial charge in [-0.3, -0.25) is 0 Å². The van der Waals surface area contributed by atoms with Crippen LogP contribution in [0.15, 0.2) is 39.6 Å². The summed E-state index contributed by atoms with van der Waals surface area (Å²) in [5.41, 5.74) is 0. The van der Waals surface area contributed by atoms with Gasteiger partial charge in [-0.05, 0) is 37.4 Å². The molecule has 0 radical (unpaired) electrons. The molecule has 0 amide bonds. The molecule has 96 valence electrons. The monoisotopic (exact) mass is 301 g/mol. The van der Waals surface area contributed by atoms with Crippen LogP contribution in [0.4, 0.5) is 0 Å². The molecule has 0 aliphatic heterocycles. The first-order chi connectivity index (χ1) is 8.69. The Kier molecular flexibility index (Phi) is 5.01. The Labute approximate surface area is 121 Å². The standard InChI is InChI=1S/C13H13Cl2NOS/c1-16-7-10-3-4-11(17-10)8-18-13-6-9(14)2-5-12(13)15/h2-6,16H,7-8H2,1H3. The Bertz CT molecular complexity index is 527. The van der Waals surface area contributed by atoms with Crippen molar-refractivity contribution < 1.29 is 4.42 Å². The highest BCUT2D eigenvalue weighted by Crippen LogP contribution is 2.32. The van der Waals surface area contributed by atoms with E-state index >= 15 is 0 Å². The number of rotatable bonds is 5. The highest BCUT2D eigenvalue weighted by molar-refractivity contribution is 7.98. The van der Waals surface area contributed by atoms with Gasteiger partial charge in [0.25, 0.3) is 0 Å². The maximum absolute atomic E-state index is 6.10. The van der Waals surface area contributed by atoms with Gasteiger partial charge < -0.3 is 9.73 Å². The lowest BCUT2D eigenvalue weighted by atomic mass is 10.4. The van der Waals surface area contributed by atoms with Crippen LogP contribution in [0.5, 0.6) is 0 Å². The average molecular weight is 302 g/mol. The maximum Gasteiger partial charge on any atom is 0.117 e. The molecule has 0 unspecified atom stereocenters. The first-order valence-corrected chi connectivity index (χ1v) is 7.23. The van der Waals surface area contributed by atoms with E-state index in [2.05, 4.69) is 5.32 Å². The van der Waals surface area contributed by atoms with Gasteiger partial charge in [0.2, 0.25) is 0 Å². The second-order valence-electron chi connectivity index (χ2n) is 3.76. The Hall–Kier alpha value is -0.610. The van der Waals surface area contributed by atoms with Crippen LogP contribution in [0, 0.1) is 0 Å². The van der Waals surface area contributed by atoms with Crippen LogP contribution in [-0.2, 0) is 12.3 Å². The summed E-state index contributed by atoms with van der Waals surface area (Å²) in [6.45, 7) is 0.739. The number of benzene rings is 1. The minimum atomic E-state index is 0.692. The molecule has 2 rings (SSSR count). The van der Waals surface area contributed by atoms with Gasteiger partial charge in [0.1, 0.15) is 11.5 Å². The van der Waals surface area contributed by atoms with Crippen molar-refractivity contribution in [3.63, 3.8) is 0 Å². The van der Waals surface area contributed by atoms with Crippen LogP contribution >= 0.6 is 35.0 Å². The number of hydrogen-bond acceptors (Lipinski definition) is 3. The van der Waals surface area contributed by atoms with E-state index in [-0.39, 0.29) is 0 Å². The van der Waals surface area contributed by atoms with Crippen LogP contribution in [0.2, 0.25) is 10.0 Å². The van der Waals surface area contributed by atoms with Gasteiger partial charge in [-0.2, -0.15) is 0 Å². The fourth-order valence-electron chi connectivity index (χ4n) is 1.51. The lowest BCUT2D eigenvalue weighted by Crippen LogP contribution is -2.03. The summed E-state index contributed by atoms with van der Waals surface area (Å²) >= 11 is 13.7. The molecular weight excluding hydrogens is 289 g/mol. The molecule has 2 aromatic rings. The van der Waals surface area contributed by atoms with Gasteiger partial charge in [0.15, 0.2) is 0 Å². The van der Waals surface area contributed by atoms with E-state index in [9.17, 15) is 0 Å². The fraction of sp³-hybridized carbons (Fsp3) is 0.231. The number of furan rings is 1. The lowest BCUT2D eigenvalue weighted by Gasteiger charge is -2.03. The van der Waals surface area contributed by atoms with Crippen molar-refractivity contribution in [2.24, 2.45) is 0 Å². The van der Waals surface area contributed by atoms with Crippen LogP contribution in [0.3, 0.4) is 0 Å². The molecule has 2 nitrogen and oxygen atoms in total. The third-order valence-electron chi connectivity index (χ3n) is 2.33. The molecule has 1 aromatic carbocycles. The molecule has 1 N–H and O–H groups in total. The molecule has 0 bridgehead atoms. The van der Waals surface area contributed by atoms with Crippen molar-refractivity contribution in [1.82, 2.24) is 5.32 Å². The molecule has 5 heteroatoms. The van der Waals surface area contributed by atoms with Crippen LogP contribution in [0.25, 0.3) is 0 Å². The van der Waals surface area contributed by atoms with E-state index in [1.165, 1.54) is 0 Å². The van der Waals surface area contributed by atoms with E-state index in [1.54, 1.807) is 23.9 Å². The smallest absolute Gasteiger partial charge is 0.117 e. The second-order valence-corrected chi connectivity index (χ2v) is 5.62. The summed E-state index contributed by atoms with van der Waals surface area (Å²) in [5, 5.41) is 4.45. The lowest BCUT2D eigenvalue weighted by molar-refractivity contribution is 0.469. The van der Waals surface area contributed by atoms with Gasteiger partial charge in [-0.1, -0.05) is 23.2 Å². The van der Waals surface area contributed by atoms with E-state index in [1.807, 2.05) is 25.2 Å². The summed E-state index contributed by atoms with van der Waals surface area (Å²) in [5.74, 6) is 2.61. The Balaban J connectivity index is 1.99. The summed E-state index contributed by atoms with van der Waals surface area (Å²) in [6, 6.07) is 9.42. The number of hydrogen-bond donors (Lipinski definition) is 1. The minimum absolute atomic E-state index is 0.692. The molecule has 18 heavy (non-hydrogen) atoms. The third-order valence-corrected chi connectivity index (χ3v) is 4.09. The SMILES string of the molecule is CNCc1ccc(CSc2cc(Cl)ccc2Cl)o1. The minimum Gasteiger partial charge on any atom is -0.464 e. The number of halogens is 2. The van der Waals surface area contributed by atoms with Crippen LogP contribution in [0.1, 0.15) is 11.5 Å². The van der Waals surface area contributed by atoms with Gasteiger partial charge in [-0.25, -0.2) is 0 Å². The summed E-state index contributed by atoms with van der Waals surface area (Å²) in [7, 11) is 1.89. The Morgan fingerprint density at radius 1 is 1.17 bits per heavy atom. The molecule has 0 aliphatic rings. The van der Waals surface area contributed by atoms with Crippen molar-refractivity contribution in [1.29, 1.82) is 0 Å². The van der Waals surface area contributed by atoms with Crippen molar-refractivity contribution in [2.45, 2.75) is 17.2 Å². The Morgan fingerprint density at radius 2 is 1.94 bits per heavy atom. The quantitative estimate of drug-likeness (QED) is 0.817. The molecule has 1 aromatic heterocycles. The zero-order valence-corrected chi connectivity index (χ0v) is 12.2. The van der Waals surface area contributed by atoms with E-state index in [0.717, 1.165) is 28.7 Å². The number of thioether (sulfide) groups is 1. The highest BCUT2D eigenvalue weighted by atomic mass is 35.5. The molecule has 0 spiro atoms. The van der Waals surface area contributed by atoms with Gasteiger partial charge in [0, 0.05) is 9.92 Å². The van der Waals surface area contributed by atoms with Crippen molar-refractivity contribution in [3.8, 4) is 0 Å². The fourth-order valence-corrected chi connectivity index (χ4v) is 2.89. The zero-order chi connectivity index (χ0) is 13.0. The van der Waals surface area contributed by atoms with Crippen LogP contribution < -0.4 is 5.32 Å². The summed E-state index contributed by atoms with van der Waals surface area (Å²) < 4.78 is 5.66. The van der Waals surface area contributed by atoms with Crippen molar-refractivity contribution >= 4 is 35.0 Å². The largest absolute Gasteiger partial charge is 0.464 e. The zero-order valence-electron chi connectivity index (χ0n) is 9.87. The first-order valence-electron chi connectivity index (χ1n) is 5.49. The normalized spacial score (nSPS) is 10.8. The number of nitrogens with one attached hydrogen (secondary N) is 1. The van der Waals surface area contributed by atoms with Gasteiger partial charge in [0.05, 0.1) is 17.3 Å².